The maximum Gasteiger partial charge on any atom is 0.252 e. The fourth-order valence-corrected chi connectivity index (χ4v) is 5.99. The summed E-state index contributed by atoms with van der Waals surface area (Å²) in [4.78, 5) is 14.6. The first kappa shape index (κ1) is 15.7. The number of alkyl halides is 2. The lowest BCUT2D eigenvalue weighted by Crippen LogP contribution is -2.27. The van der Waals surface area contributed by atoms with Crippen molar-refractivity contribution in [2.24, 2.45) is 11.8 Å². The van der Waals surface area contributed by atoms with Crippen LogP contribution >= 0.6 is 11.3 Å². The Morgan fingerprint density at radius 1 is 1.16 bits per heavy atom. The number of hydrogen-bond donors (Lipinski definition) is 1. The van der Waals surface area contributed by atoms with Crippen LogP contribution in [0, 0.1) is 11.8 Å². The number of aryl methyl sites for hydroxylation is 1. The fraction of sp³-hybridized carbons (Fsp3) is 0.647. The lowest BCUT2D eigenvalue weighted by molar-refractivity contribution is -0.0113. The maximum absolute atomic E-state index is 13.9. The predicted octanol–water partition coefficient (Wildman–Crippen LogP) is 2.40. The van der Waals surface area contributed by atoms with Crippen molar-refractivity contribution >= 4 is 33.3 Å². The summed E-state index contributed by atoms with van der Waals surface area (Å²) in [6, 6.07) is 0. The van der Waals surface area contributed by atoms with Gasteiger partial charge < -0.3 is 15.5 Å². The highest BCUT2D eigenvalue weighted by Crippen LogP contribution is 2.45. The van der Waals surface area contributed by atoms with Gasteiger partial charge in [0.1, 0.15) is 0 Å². The van der Waals surface area contributed by atoms with E-state index in [1.54, 1.807) is 11.3 Å². The Morgan fingerprint density at radius 3 is 2.60 bits per heavy atom. The van der Waals surface area contributed by atoms with Gasteiger partial charge >= 0.3 is 0 Å². The molecule has 8 heteroatoms. The van der Waals surface area contributed by atoms with Crippen LogP contribution in [0.4, 0.5) is 20.5 Å². The molecule has 2 N–H and O–H groups in total. The average molecular weight is 365 g/mol. The number of fused-ring (bicyclic) bond motifs is 4. The molecule has 2 fully saturated rings. The van der Waals surface area contributed by atoms with E-state index in [2.05, 4.69) is 26.8 Å². The first-order chi connectivity index (χ1) is 11.9. The SMILES string of the molecule is CN1C[C@@H]2CN(c3nc(N)nc4c5c(sc34)CCC(F)(F)C5)C[C@@H]2C1. The summed E-state index contributed by atoms with van der Waals surface area (Å²) in [5.74, 6) is -0.311. The molecule has 0 amide bonds. The second-order valence-corrected chi connectivity index (χ2v) is 8.87. The van der Waals surface area contributed by atoms with Crippen molar-refractivity contribution in [3.63, 3.8) is 0 Å². The summed E-state index contributed by atoms with van der Waals surface area (Å²) in [7, 11) is 2.16. The molecule has 0 unspecified atom stereocenters. The number of thiophene rings is 1. The van der Waals surface area contributed by atoms with E-state index in [9.17, 15) is 8.78 Å². The quantitative estimate of drug-likeness (QED) is 0.841. The monoisotopic (exact) mass is 365 g/mol. The van der Waals surface area contributed by atoms with Crippen LogP contribution in [0.1, 0.15) is 16.9 Å². The Morgan fingerprint density at radius 2 is 1.88 bits per heavy atom. The second kappa shape index (κ2) is 5.23. The van der Waals surface area contributed by atoms with E-state index in [1.807, 2.05) is 0 Å². The van der Waals surface area contributed by atoms with Crippen molar-refractivity contribution in [1.29, 1.82) is 0 Å². The zero-order chi connectivity index (χ0) is 17.3. The van der Waals surface area contributed by atoms with Gasteiger partial charge in [0.05, 0.1) is 10.2 Å². The molecule has 5 nitrogen and oxygen atoms in total. The van der Waals surface area contributed by atoms with Crippen LogP contribution in [0.15, 0.2) is 0 Å². The summed E-state index contributed by atoms with van der Waals surface area (Å²) >= 11 is 1.59. The zero-order valence-electron chi connectivity index (χ0n) is 14.1. The van der Waals surface area contributed by atoms with E-state index in [-0.39, 0.29) is 18.8 Å². The third kappa shape index (κ3) is 2.49. The molecule has 0 aromatic carbocycles. The standard InChI is InChI=1S/C17H21F2N5S/c1-23-5-9-7-24(8-10(9)6-23)15-14-13(21-16(20)22-15)11-4-17(18,19)3-2-12(11)25-14/h9-10H,2-8H2,1H3,(H2,20,21,22)/t9-,10+. The Labute approximate surface area is 148 Å². The number of anilines is 2. The first-order valence-corrected chi connectivity index (χ1v) is 9.60. The molecule has 2 saturated heterocycles. The van der Waals surface area contributed by atoms with Gasteiger partial charge in [-0.25, -0.2) is 13.8 Å². The molecule has 3 aliphatic rings. The van der Waals surface area contributed by atoms with E-state index in [4.69, 9.17) is 5.73 Å². The third-order valence-electron chi connectivity index (χ3n) is 5.83. The van der Waals surface area contributed by atoms with Crippen LogP contribution in [0.2, 0.25) is 0 Å². The molecule has 5 rings (SSSR count). The van der Waals surface area contributed by atoms with Gasteiger partial charge in [-0.15, -0.1) is 11.3 Å². The van der Waals surface area contributed by atoms with Crippen LogP contribution in [0.3, 0.4) is 0 Å². The van der Waals surface area contributed by atoms with Gasteiger partial charge in [-0.3, -0.25) is 0 Å². The molecule has 1 aliphatic carbocycles. The van der Waals surface area contributed by atoms with E-state index in [1.165, 1.54) is 0 Å². The number of aromatic nitrogens is 2. The summed E-state index contributed by atoms with van der Waals surface area (Å²) in [5, 5.41) is 0. The van der Waals surface area contributed by atoms with Gasteiger partial charge in [-0.05, 0) is 30.9 Å². The molecular weight excluding hydrogens is 344 g/mol. The van der Waals surface area contributed by atoms with Crippen molar-refractivity contribution in [1.82, 2.24) is 14.9 Å². The molecular formula is C17H21F2N5S. The zero-order valence-corrected chi connectivity index (χ0v) is 15.0. The summed E-state index contributed by atoms with van der Waals surface area (Å²) in [6.07, 6.45) is 0.109. The van der Waals surface area contributed by atoms with E-state index in [0.29, 0.717) is 29.3 Å². The molecule has 0 saturated carbocycles. The lowest BCUT2D eigenvalue weighted by Gasteiger charge is -2.22. The molecule has 2 aromatic rings. The van der Waals surface area contributed by atoms with Crippen molar-refractivity contribution in [2.75, 3.05) is 43.9 Å². The van der Waals surface area contributed by atoms with Crippen LogP contribution in [0.5, 0.6) is 0 Å². The van der Waals surface area contributed by atoms with E-state index in [0.717, 1.165) is 41.6 Å². The van der Waals surface area contributed by atoms with Crippen LogP contribution in [0.25, 0.3) is 10.2 Å². The highest BCUT2D eigenvalue weighted by atomic mass is 32.1. The highest BCUT2D eigenvalue weighted by Gasteiger charge is 2.41. The van der Waals surface area contributed by atoms with Gasteiger partial charge in [-0.1, -0.05) is 0 Å². The third-order valence-corrected chi connectivity index (χ3v) is 7.11. The Balaban J connectivity index is 1.57. The van der Waals surface area contributed by atoms with Crippen molar-refractivity contribution in [3.05, 3.63) is 10.4 Å². The summed E-state index contributed by atoms with van der Waals surface area (Å²) < 4.78 is 28.7. The Kier molecular flexibility index (Phi) is 3.29. The molecule has 25 heavy (non-hydrogen) atoms. The number of likely N-dealkylation sites (tertiary alicyclic amines) is 1. The molecule has 0 radical (unpaired) electrons. The van der Waals surface area contributed by atoms with Gasteiger partial charge in [0.15, 0.2) is 5.82 Å². The second-order valence-electron chi connectivity index (χ2n) is 7.77. The van der Waals surface area contributed by atoms with E-state index < -0.39 is 5.92 Å². The minimum absolute atomic E-state index is 0.0781. The van der Waals surface area contributed by atoms with Gasteiger partial charge in [0, 0.05) is 43.9 Å². The Bertz CT molecular complexity index is 837. The number of nitrogen functional groups attached to an aromatic ring is 1. The topological polar surface area (TPSA) is 58.3 Å². The number of hydrogen-bond acceptors (Lipinski definition) is 6. The molecule has 2 aromatic heterocycles. The van der Waals surface area contributed by atoms with Gasteiger partial charge in [-0.2, -0.15) is 4.98 Å². The number of rotatable bonds is 1. The largest absolute Gasteiger partial charge is 0.368 e. The predicted molar refractivity (Wildman–Crippen MR) is 95.5 cm³/mol. The van der Waals surface area contributed by atoms with Gasteiger partial charge in [0.2, 0.25) is 5.95 Å². The summed E-state index contributed by atoms with van der Waals surface area (Å²) in [5.41, 5.74) is 7.29. The Hall–Kier alpha value is -1.54. The maximum atomic E-state index is 13.9. The van der Waals surface area contributed by atoms with Crippen LogP contribution in [-0.2, 0) is 12.8 Å². The highest BCUT2D eigenvalue weighted by molar-refractivity contribution is 7.19. The summed E-state index contributed by atoms with van der Waals surface area (Å²) in [6.45, 7) is 4.13. The van der Waals surface area contributed by atoms with Crippen LogP contribution in [-0.4, -0.2) is 54.0 Å². The van der Waals surface area contributed by atoms with Crippen LogP contribution < -0.4 is 10.6 Å². The number of halogens is 2. The minimum atomic E-state index is -2.64. The smallest absolute Gasteiger partial charge is 0.252 e. The molecule has 4 heterocycles. The molecule has 2 aliphatic heterocycles. The van der Waals surface area contributed by atoms with Crippen molar-refractivity contribution in [3.8, 4) is 0 Å². The number of nitrogens with two attached hydrogens (primary N) is 1. The molecule has 0 bridgehead atoms. The first-order valence-electron chi connectivity index (χ1n) is 8.79. The molecule has 2 atom stereocenters. The lowest BCUT2D eigenvalue weighted by atomic mass is 9.95. The van der Waals surface area contributed by atoms with E-state index >= 15 is 0 Å². The molecule has 0 spiro atoms. The van der Waals surface area contributed by atoms with Crippen molar-refractivity contribution in [2.45, 2.75) is 25.2 Å². The minimum Gasteiger partial charge on any atom is -0.368 e. The number of nitrogens with zero attached hydrogens (tertiary/aromatic N) is 4. The molecule has 134 valence electrons. The normalized spacial score (nSPS) is 28.5. The van der Waals surface area contributed by atoms with Gasteiger partial charge in [0.25, 0.3) is 5.92 Å². The van der Waals surface area contributed by atoms with Crippen molar-refractivity contribution < 1.29 is 8.78 Å². The average Bonchev–Trinajstić information content (AvgIpc) is 3.16. The fourth-order valence-electron chi connectivity index (χ4n) is 4.71.